The number of hydrogen-bond donors (Lipinski definition) is 0. The molecule has 1 unspecified atom stereocenters. The van der Waals surface area contributed by atoms with Gasteiger partial charge in [0.2, 0.25) is 0 Å². The summed E-state index contributed by atoms with van der Waals surface area (Å²) in [5.74, 6) is 0.862. The number of hydrogen-bond acceptors (Lipinski definition) is 4. The Bertz CT molecular complexity index is 863. The van der Waals surface area contributed by atoms with Crippen LogP contribution in [0.1, 0.15) is 39.2 Å². The number of thiophene rings is 1. The molecule has 0 radical (unpaired) electrons. The molecule has 1 amide bonds. The van der Waals surface area contributed by atoms with Crippen LogP contribution in [0.25, 0.3) is 10.2 Å². The van der Waals surface area contributed by atoms with Crippen LogP contribution in [0.4, 0.5) is 0 Å². The van der Waals surface area contributed by atoms with Crippen molar-refractivity contribution in [1.29, 1.82) is 0 Å². The number of nitrogens with zero attached hydrogens (tertiary/aromatic N) is 2. The van der Waals surface area contributed by atoms with Gasteiger partial charge in [-0.15, -0.1) is 22.7 Å². The minimum Gasteiger partial charge on any atom is -0.335 e. The van der Waals surface area contributed by atoms with Crippen LogP contribution >= 0.6 is 22.7 Å². The standard InChI is InChI=1S/C19H20N2OS2/c1-12-7-8-13-14(11-23-17(13)9-12)19(22)21(2)10-18-20-15-5-3-4-6-16(15)24-18/h3-6,11-12H,7-10H2,1-2H3. The molecule has 0 spiro atoms. The second kappa shape index (κ2) is 6.30. The van der Waals surface area contributed by atoms with Crippen molar-refractivity contribution >= 4 is 38.8 Å². The van der Waals surface area contributed by atoms with Crippen molar-refractivity contribution in [2.24, 2.45) is 5.92 Å². The van der Waals surface area contributed by atoms with E-state index >= 15 is 0 Å². The number of amides is 1. The quantitative estimate of drug-likeness (QED) is 0.678. The highest BCUT2D eigenvalue weighted by atomic mass is 32.1. The lowest BCUT2D eigenvalue weighted by atomic mass is 9.88. The Kier molecular flexibility index (Phi) is 4.14. The van der Waals surface area contributed by atoms with E-state index in [0.29, 0.717) is 6.54 Å². The first-order valence-electron chi connectivity index (χ1n) is 8.31. The minimum absolute atomic E-state index is 0.126. The first-order valence-corrected chi connectivity index (χ1v) is 10.0. The number of para-hydroxylation sites is 1. The number of benzene rings is 1. The molecule has 5 heteroatoms. The molecule has 0 bridgehead atoms. The fraction of sp³-hybridized carbons (Fsp3) is 0.368. The van der Waals surface area contributed by atoms with Gasteiger partial charge in [-0.25, -0.2) is 4.98 Å². The molecular formula is C19H20N2OS2. The normalized spacial score (nSPS) is 17.0. The van der Waals surface area contributed by atoms with Crippen LogP contribution in [0.3, 0.4) is 0 Å². The molecule has 2 heterocycles. The predicted octanol–water partition coefficient (Wildman–Crippen LogP) is 4.75. The highest BCUT2D eigenvalue weighted by molar-refractivity contribution is 7.18. The summed E-state index contributed by atoms with van der Waals surface area (Å²) in [6.07, 6.45) is 3.34. The van der Waals surface area contributed by atoms with Crippen LogP contribution in [-0.2, 0) is 19.4 Å². The Labute approximate surface area is 150 Å². The van der Waals surface area contributed by atoms with Gasteiger partial charge in [-0.2, -0.15) is 0 Å². The topological polar surface area (TPSA) is 33.2 Å². The molecule has 0 N–H and O–H groups in total. The molecule has 1 aromatic carbocycles. The Morgan fingerprint density at radius 1 is 1.38 bits per heavy atom. The number of rotatable bonds is 3. The number of aromatic nitrogens is 1. The molecule has 0 aliphatic heterocycles. The molecule has 1 atom stereocenters. The van der Waals surface area contributed by atoms with E-state index in [2.05, 4.69) is 23.4 Å². The summed E-state index contributed by atoms with van der Waals surface area (Å²) in [4.78, 5) is 20.7. The van der Waals surface area contributed by atoms with Crippen LogP contribution in [0, 0.1) is 5.92 Å². The summed E-state index contributed by atoms with van der Waals surface area (Å²) in [7, 11) is 1.88. The lowest BCUT2D eigenvalue weighted by Gasteiger charge is -2.21. The van der Waals surface area contributed by atoms with E-state index < -0.39 is 0 Å². The maximum atomic E-state index is 12.9. The van der Waals surface area contributed by atoms with E-state index in [0.717, 1.165) is 34.8 Å². The molecular weight excluding hydrogens is 336 g/mol. The Morgan fingerprint density at radius 2 is 2.21 bits per heavy atom. The van der Waals surface area contributed by atoms with Gasteiger partial charge in [0.25, 0.3) is 5.91 Å². The lowest BCUT2D eigenvalue weighted by molar-refractivity contribution is 0.0784. The van der Waals surface area contributed by atoms with Crippen molar-refractivity contribution in [2.45, 2.75) is 32.7 Å². The second-order valence-corrected chi connectivity index (χ2v) is 8.72. The molecule has 0 saturated heterocycles. The van der Waals surface area contributed by atoms with Crippen molar-refractivity contribution in [2.75, 3.05) is 7.05 Å². The zero-order valence-corrected chi connectivity index (χ0v) is 15.5. The molecule has 2 aromatic heterocycles. The summed E-state index contributed by atoms with van der Waals surface area (Å²) in [5, 5.41) is 3.05. The predicted molar refractivity (Wildman–Crippen MR) is 101 cm³/mol. The number of carbonyl (C=O) groups is 1. The number of thiazole rings is 1. The summed E-state index contributed by atoms with van der Waals surface area (Å²) in [5.41, 5.74) is 3.21. The molecule has 3 nitrogen and oxygen atoms in total. The zero-order chi connectivity index (χ0) is 16.7. The van der Waals surface area contributed by atoms with Crippen LogP contribution in [0.5, 0.6) is 0 Å². The van der Waals surface area contributed by atoms with Crippen molar-refractivity contribution in [3.05, 3.63) is 50.7 Å². The highest BCUT2D eigenvalue weighted by Crippen LogP contribution is 2.33. The van der Waals surface area contributed by atoms with Gasteiger partial charge in [0, 0.05) is 17.3 Å². The first kappa shape index (κ1) is 15.8. The van der Waals surface area contributed by atoms with Gasteiger partial charge >= 0.3 is 0 Å². The van der Waals surface area contributed by atoms with E-state index in [1.165, 1.54) is 21.6 Å². The molecule has 4 rings (SSSR count). The molecule has 1 aliphatic carbocycles. The SMILES string of the molecule is CC1CCc2c(C(=O)N(C)Cc3nc4ccccc4s3)csc2C1. The third kappa shape index (κ3) is 2.87. The fourth-order valence-electron chi connectivity index (χ4n) is 3.32. The summed E-state index contributed by atoms with van der Waals surface area (Å²) < 4.78 is 1.18. The van der Waals surface area contributed by atoms with E-state index in [4.69, 9.17) is 0 Å². The van der Waals surface area contributed by atoms with Crippen LogP contribution in [0.15, 0.2) is 29.6 Å². The average molecular weight is 357 g/mol. The minimum atomic E-state index is 0.126. The van der Waals surface area contributed by atoms with E-state index in [9.17, 15) is 4.79 Å². The third-order valence-corrected chi connectivity index (χ3v) is 6.76. The number of carbonyl (C=O) groups excluding carboxylic acids is 1. The highest BCUT2D eigenvalue weighted by Gasteiger charge is 2.25. The van der Waals surface area contributed by atoms with E-state index in [1.807, 2.05) is 25.2 Å². The molecule has 24 heavy (non-hydrogen) atoms. The summed E-state index contributed by atoms with van der Waals surface area (Å²) >= 11 is 3.42. The Hall–Kier alpha value is -1.72. The van der Waals surface area contributed by atoms with Crippen LogP contribution in [0.2, 0.25) is 0 Å². The second-order valence-electron chi connectivity index (χ2n) is 6.64. The van der Waals surface area contributed by atoms with Gasteiger partial charge in [0.1, 0.15) is 5.01 Å². The largest absolute Gasteiger partial charge is 0.335 e. The fourth-order valence-corrected chi connectivity index (χ4v) is 5.58. The van der Waals surface area contributed by atoms with Crippen LogP contribution < -0.4 is 0 Å². The maximum Gasteiger partial charge on any atom is 0.255 e. The Morgan fingerprint density at radius 3 is 3.04 bits per heavy atom. The monoisotopic (exact) mass is 356 g/mol. The Balaban J connectivity index is 1.54. The molecule has 0 saturated carbocycles. The first-order chi connectivity index (χ1) is 11.6. The molecule has 3 aromatic rings. The van der Waals surface area contributed by atoms with Crippen molar-refractivity contribution < 1.29 is 4.79 Å². The summed E-state index contributed by atoms with van der Waals surface area (Å²) in [6.45, 7) is 2.86. The zero-order valence-electron chi connectivity index (χ0n) is 13.9. The number of fused-ring (bicyclic) bond motifs is 2. The molecule has 124 valence electrons. The van der Waals surface area contributed by atoms with Gasteiger partial charge in [-0.3, -0.25) is 4.79 Å². The van der Waals surface area contributed by atoms with Crippen molar-refractivity contribution in [3.63, 3.8) is 0 Å². The van der Waals surface area contributed by atoms with Crippen molar-refractivity contribution in [1.82, 2.24) is 9.88 Å². The van der Waals surface area contributed by atoms with Gasteiger partial charge in [0.05, 0.1) is 22.3 Å². The molecule has 1 aliphatic rings. The van der Waals surface area contributed by atoms with Crippen LogP contribution in [-0.4, -0.2) is 22.8 Å². The van der Waals surface area contributed by atoms with E-state index in [1.54, 1.807) is 27.6 Å². The summed E-state index contributed by atoms with van der Waals surface area (Å²) in [6, 6.07) is 8.12. The van der Waals surface area contributed by atoms with Crippen molar-refractivity contribution in [3.8, 4) is 0 Å². The molecule has 0 fully saturated rings. The average Bonchev–Trinajstić information content (AvgIpc) is 3.16. The van der Waals surface area contributed by atoms with E-state index in [-0.39, 0.29) is 5.91 Å². The van der Waals surface area contributed by atoms with Gasteiger partial charge in [-0.1, -0.05) is 19.1 Å². The maximum absolute atomic E-state index is 12.9. The van der Waals surface area contributed by atoms with Gasteiger partial charge in [0.15, 0.2) is 0 Å². The lowest BCUT2D eigenvalue weighted by Crippen LogP contribution is -2.27. The van der Waals surface area contributed by atoms with Gasteiger partial charge in [-0.05, 0) is 42.9 Å². The third-order valence-electron chi connectivity index (χ3n) is 4.69. The van der Waals surface area contributed by atoms with Gasteiger partial charge < -0.3 is 4.90 Å². The smallest absolute Gasteiger partial charge is 0.255 e.